The van der Waals surface area contributed by atoms with E-state index in [4.69, 9.17) is 14.5 Å². The van der Waals surface area contributed by atoms with Crippen molar-refractivity contribution in [2.24, 2.45) is 5.92 Å². The van der Waals surface area contributed by atoms with Gasteiger partial charge >= 0.3 is 0 Å². The molecule has 1 saturated heterocycles. The van der Waals surface area contributed by atoms with Gasteiger partial charge in [0, 0.05) is 50.2 Å². The van der Waals surface area contributed by atoms with Crippen LogP contribution in [-0.4, -0.2) is 72.3 Å². The Balaban J connectivity index is 1.56. The minimum Gasteiger partial charge on any atom is -0.473 e. The van der Waals surface area contributed by atoms with Crippen molar-refractivity contribution in [2.75, 3.05) is 45.3 Å². The number of aromatic nitrogens is 3. The number of nitrogens with zero attached hydrogens (tertiary/aromatic N) is 5. The Labute approximate surface area is 188 Å². The third-order valence-electron chi connectivity index (χ3n) is 5.45. The third kappa shape index (κ3) is 4.80. The summed E-state index contributed by atoms with van der Waals surface area (Å²) in [5, 5.41) is 0. The van der Waals surface area contributed by atoms with Crippen molar-refractivity contribution in [2.45, 2.75) is 20.0 Å². The largest absolute Gasteiger partial charge is 0.473 e. The van der Waals surface area contributed by atoms with Crippen molar-refractivity contribution in [3.8, 4) is 17.1 Å². The molecule has 4 rings (SSSR count). The minimum absolute atomic E-state index is 0.0360. The highest BCUT2D eigenvalue weighted by molar-refractivity contribution is 5.83. The van der Waals surface area contributed by atoms with Crippen LogP contribution in [0.1, 0.15) is 13.8 Å². The maximum Gasteiger partial charge on any atom is 0.242 e. The number of hydrogen-bond donors (Lipinski definition) is 0. The Morgan fingerprint density at radius 3 is 2.69 bits per heavy atom. The number of carbonyl (C=O) groups excluding carboxylic acids is 1. The van der Waals surface area contributed by atoms with Gasteiger partial charge in [0.15, 0.2) is 5.52 Å². The highest BCUT2D eigenvalue weighted by Crippen LogP contribution is 2.28. The maximum absolute atomic E-state index is 12.4. The quantitative estimate of drug-likeness (QED) is 0.589. The molecule has 32 heavy (non-hydrogen) atoms. The molecule has 1 aromatic carbocycles. The van der Waals surface area contributed by atoms with E-state index in [1.165, 1.54) is 0 Å². The lowest BCUT2D eigenvalue weighted by Gasteiger charge is -2.33. The van der Waals surface area contributed by atoms with Crippen molar-refractivity contribution in [3.63, 3.8) is 0 Å². The van der Waals surface area contributed by atoms with Crippen molar-refractivity contribution in [1.29, 1.82) is 0 Å². The van der Waals surface area contributed by atoms with Gasteiger partial charge in [-0.05, 0) is 18.2 Å². The van der Waals surface area contributed by atoms with Gasteiger partial charge in [0.05, 0.1) is 24.4 Å². The summed E-state index contributed by atoms with van der Waals surface area (Å²) >= 11 is 0. The molecular weight excluding hydrogens is 406 g/mol. The van der Waals surface area contributed by atoms with Crippen LogP contribution in [0.15, 0.2) is 42.7 Å². The SMILES string of the molecule is CC(C)C(=O)N1CCOC(COc2nc(-c3ccc(N(C)C)cc3)cc3nccnc23)C1. The average Bonchev–Trinajstić information content (AvgIpc) is 2.82. The molecule has 1 fully saturated rings. The fraction of sp³-hybridized carbons (Fsp3) is 0.417. The molecule has 8 heteroatoms. The Hall–Kier alpha value is -3.26. The van der Waals surface area contributed by atoms with Crippen LogP contribution in [-0.2, 0) is 9.53 Å². The molecule has 3 heterocycles. The van der Waals surface area contributed by atoms with Crippen LogP contribution in [0.25, 0.3) is 22.3 Å². The van der Waals surface area contributed by atoms with Gasteiger partial charge in [-0.1, -0.05) is 26.0 Å². The number of pyridine rings is 1. The standard InChI is InChI=1S/C24H29N5O3/c1-16(2)24(30)29-11-12-31-19(14-29)15-32-23-22-21(25-9-10-26-22)13-20(27-23)17-5-7-18(8-6-17)28(3)4/h5-10,13,16,19H,11-12,14-15H2,1-4H3. The second-order valence-corrected chi connectivity index (χ2v) is 8.42. The lowest BCUT2D eigenvalue weighted by atomic mass is 10.1. The highest BCUT2D eigenvalue weighted by Gasteiger charge is 2.26. The first-order valence-corrected chi connectivity index (χ1v) is 10.8. The van der Waals surface area contributed by atoms with E-state index in [1.54, 1.807) is 12.4 Å². The fourth-order valence-corrected chi connectivity index (χ4v) is 3.68. The Morgan fingerprint density at radius 1 is 1.22 bits per heavy atom. The number of hydrogen-bond acceptors (Lipinski definition) is 7. The molecule has 0 radical (unpaired) electrons. The monoisotopic (exact) mass is 435 g/mol. The molecule has 0 N–H and O–H groups in total. The van der Waals surface area contributed by atoms with Gasteiger partial charge in [-0.3, -0.25) is 9.78 Å². The number of morpholine rings is 1. The predicted octanol–water partition coefficient (Wildman–Crippen LogP) is 3.02. The van der Waals surface area contributed by atoms with Crippen LogP contribution in [0.5, 0.6) is 5.88 Å². The van der Waals surface area contributed by atoms with E-state index in [1.807, 2.05) is 51.0 Å². The predicted molar refractivity (Wildman–Crippen MR) is 124 cm³/mol. The lowest BCUT2D eigenvalue weighted by Crippen LogP contribution is -2.48. The Morgan fingerprint density at radius 2 is 1.97 bits per heavy atom. The number of fused-ring (bicyclic) bond motifs is 1. The van der Waals surface area contributed by atoms with E-state index >= 15 is 0 Å². The zero-order valence-corrected chi connectivity index (χ0v) is 19.0. The topological polar surface area (TPSA) is 80.7 Å². The van der Waals surface area contributed by atoms with Crippen LogP contribution in [0, 0.1) is 5.92 Å². The number of rotatable bonds is 6. The first-order valence-electron chi connectivity index (χ1n) is 10.8. The zero-order chi connectivity index (χ0) is 22.7. The maximum atomic E-state index is 12.4. The summed E-state index contributed by atoms with van der Waals surface area (Å²) in [6, 6.07) is 10.1. The van der Waals surface area contributed by atoms with Crippen LogP contribution in [0.2, 0.25) is 0 Å². The number of anilines is 1. The molecule has 168 valence electrons. The molecular formula is C24H29N5O3. The average molecular weight is 436 g/mol. The molecule has 1 amide bonds. The van der Waals surface area contributed by atoms with Crippen LogP contribution < -0.4 is 9.64 Å². The van der Waals surface area contributed by atoms with Crippen LogP contribution >= 0.6 is 0 Å². The van der Waals surface area contributed by atoms with Crippen molar-refractivity contribution in [1.82, 2.24) is 19.9 Å². The summed E-state index contributed by atoms with van der Waals surface area (Å²) in [6.07, 6.45) is 3.07. The summed E-state index contributed by atoms with van der Waals surface area (Å²) in [7, 11) is 4.02. The molecule has 3 aromatic rings. The van der Waals surface area contributed by atoms with Crippen LogP contribution in [0.3, 0.4) is 0 Å². The van der Waals surface area contributed by atoms with Crippen molar-refractivity contribution < 1.29 is 14.3 Å². The van der Waals surface area contributed by atoms with Gasteiger partial charge in [-0.15, -0.1) is 0 Å². The highest BCUT2D eigenvalue weighted by atomic mass is 16.5. The van der Waals surface area contributed by atoms with Gasteiger partial charge in [0.2, 0.25) is 11.8 Å². The molecule has 8 nitrogen and oxygen atoms in total. The Bertz CT molecular complexity index is 1080. The fourth-order valence-electron chi connectivity index (χ4n) is 3.68. The van der Waals surface area contributed by atoms with E-state index in [9.17, 15) is 4.79 Å². The Kier molecular flexibility index (Phi) is 6.50. The molecule has 1 aliphatic heterocycles. The molecule has 1 unspecified atom stereocenters. The van der Waals surface area contributed by atoms with Gasteiger partial charge < -0.3 is 19.3 Å². The number of amides is 1. The minimum atomic E-state index is -0.219. The molecule has 1 aliphatic rings. The summed E-state index contributed by atoms with van der Waals surface area (Å²) in [4.78, 5) is 29.9. The number of benzene rings is 1. The van der Waals surface area contributed by atoms with E-state index in [0.717, 1.165) is 16.9 Å². The molecule has 0 aliphatic carbocycles. The number of carbonyl (C=O) groups is 1. The van der Waals surface area contributed by atoms with E-state index in [2.05, 4.69) is 27.0 Å². The van der Waals surface area contributed by atoms with E-state index < -0.39 is 0 Å². The summed E-state index contributed by atoms with van der Waals surface area (Å²) in [6.45, 7) is 5.72. The van der Waals surface area contributed by atoms with Crippen LogP contribution in [0.4, 0.5) is 5.69 Å². The third-order valence-corrected chi connectivity index (χ3v) is 5.45. The molecule has 0 bridgehead atoms. The smallest absolute Gasteiger partial charge is 0.242 e. The second-order valence-electron chi connectivity index (χ2n) is 8.42. The zero-order valence-electron chi connectivity index (χ0n) is 19.0. The van der Waals surface area contributed by atoms with Gasteiger partial charge in [0.1, 0.15) is 12.7 Å². The van der Waals surface area contributed by atoms with E-state index in [0.29, 0.717) is 36.6 Å². The first-order chi connectivity index (χ1) is 15.4. The summed E-state index contributed by atoms with van der Waals surface area (Å²) < 4.78 is 11.9. The summed E-state index contributed by atoms with van der Waals surface area (Å²) in [5.41, 5.74) is 4.16. The van der Waals surface area contributed by atoms with Gasteiger partial charge in [-0.25, -0.2) is 9.97 Å². The number of ether oxygens (including phenoxy) is 2. The second kappa shape index (κ2) is 9.48. The molecule has 1 atom stereocenters. The van der Waals surface area contributed by atoms with E-state index in [-0.39, 0.29) is 24.5 Å². The molecule has 0 spiro atoms. The van der Waals surface area contributed by atoms with Crippen molar-refractivity contribution in [3.05, 3.63) is 42.7 Å². The van der Waals surface area contributed by atoms with Gasteiger partial charge in [0.25, 0.3) is 0 Å². The van der Waals surface area contributed by atoms with Crippen molar-refractivity contribution >= 4 is 22.6 Å². The first kappa shape index (κ1) is 22.0. The normalized spacial score (nSPS) is 16.4. The summed E-state index contributed by atoms with van der Waals surface area (Å²) in [5.74, 6) is 0.514. The molecule has 0 saturated carbocycles. The van der Waals surface area contributed by atoms with Gasteiger partial charge in [-0.2, -0.15) is 0 Å². The lowest BCUT2D eigenvalue weighted by molar-refractivity contribution is -0.143. The molecule has 2 aromatic heterocycles.